The SMILES string of the molecule is COC(=O)c1ccccc1OCCCCCS(N)(=O)=O. The average molecular weight is 301 g/mol. The number of nitrogens with two attached hydrogens (primary N) is 1. The van der Waals surface area contributed by atoms with E-state index in [1.54, 1.807) is 24.3 Å². The normalized spacial score (nSPS) is 11.1. The Labute approximate surface area is 118 Å². The molecule has 1 rings (SSSR count). The third kappa shape index (κ3) is 6.03. The van der Waals surface area contributed by atoms with Crippen LogP contribution in [-0.2, 0) is 14.8 Å². The minimum Gasteiger partial charge on any atom is -0.493 e. The Balaban J connectivity index is 2.37. The van der Waals surface area contributed by atoms with E-state index in [0.29, 0.717) is 37.2 Å². The Morgan fingerprint density at radius 3 is 2.55 bits per heavy atom. The maximum atomic E-state index is 11.5. The van der Waals surface area contributed by atoms with Gasteiger partial charge < -0.3 is 9.47 Å². The molecule has 0 saturated carbocycles. The number of ether oxygens (including phenoxy) is 2. The molecule has 20 heavy (non-hydrogen) atoms. The summed E-state index contributed by atoms with van der Waals surface area (Å²) in [5.74, 6) is -0.00761. The van der Waals surface area contributed by atoms with Crippen LogP contribution in [0.4, 0.5) is 0 Å². The van der Waals surface area contributed by atoms with E-state index < -0.39 is 16.0 Å². The van der Waals surface area contributed by atoms with Gasteiger partial charge in [-0.1, -0.05) is 12.1 Å². The molecular weight excluding hydrogens is 282 g/mol. The third-order valence-electron chi connectivity index (χ3n) is 2.62. The topological polar surface area (TPSA) is 95.7 Å². The first-order chi connectivity index (χ1) is 9.44. The van der Waals surface area contributed by atoms with E-state index in [2.05, 4.69) is 4.74 Å². The zero-order valence-electron chi connectivity index (χ0n) is 11.4. The first kappa shape index (κ1) is 16.5. The van der Waals surface area contributed by atoms with E-state index in [1.807, 2.05) is 0 Å². The van der Waals surface area contributed by atoms with Crippen molar-refractivity contribution < 1.29 is 22.7 Å². The Bertz CT molecular complexity index is 541. The van der Waals surface area contributed by atoms with E-state index in [-0.39, 0.29) is 5.75 Å². The summed E-state index contributed by atoms with van der Waals surface area (Å²) >= 11 is 0. The van der Waals surface area contributed by atoms with Crippen molar-refractivity contribution in [3.63, 3.8) is 0 Å². The highest BCUT2D eigenvalue weighted by Crippen LogP contribution is 2.19. The third-order valence-corrected chi connectivity index (χ3v) is 3.48. The lowest BCUT2D eigenvalue weighted by Gasteiger charge is -2.09. The van der Waals surface area contributed by atoms with Gasteiger partial charge in [0.25, 0.3) is 0 Å². The van der Waals surface area contributed by atoms with Crippen LogP contribution in [0, 0.1) is 0 Å². The van der Waals surface area contributed by atoms with E-state index in [9.17, 15) is 13.2 Å². The summed E-state index contributed by atoms with van der Waals surface area (Å²) in [5, 5.41) is 4.90. The molecule has 0 bridgehead atoms. The van der Waals surface area contributed by atoms with Crippen LogP contribution in [0.5, 0.6) is 5.75 Å². The molecule has 0 amide bonds. The van der Waals surface area contributed by atoms with Gasteiger partial charge in [-0.15, -0.1) is 0 Å². The second-order valence-corrected chi connectivity index (χ2v) is 6.00. The summed E-state index contributed by atoms with van der Waals surface area (Å²) in [6.45, 7) is 0.401. The van der Waals surface area contributed by atoms with E-state index in [1.165, 1.54) is 7.11 Å². The number of sulfonamides is 1. The monoisotopic (exact) mass is 301 g/mol. The maximum absolute atomic E-state index is 11.5. The van der Waals surface area contributed by atoms with Crippen LogP contribution in [0.15, 0.2) is 24.3 Å². The molecule has 112 valence electrons. The van der Waals surface area contributed by atoms with Crippen molar-refractivity contribution in [2.45, 2.75) is 19.3 Å². The second kappa shape index (κ2) is 7.86. The summed E-state index contributed by atoms with van der Waals surface area (Å²) in [4.78, 5) is 11.5. The standard InChI is InChI=1S/C13H19NO5S/c1-18-13(15)11-7-3-4-8-12(11)19-9-5-2-6-10-20(14,16)17/h3-4,7-8H,2,5-6,9-10H2,1H3,(H2,14,16,17). The molecule has 0 atom stereocenters. The molecule has 1 aromatic rings. The van der Waals surface area contributed by atoms with Crippen LogP contribution >= 0.6 is 0 Å². The van der Waals surface area contributed by atoms with Gasteiger partial charge in [-0.3, -0.25) is 0 Å². The largest absolute Gasteiger partial charge is 0.493 e. The molecule has 7 heteroatoms. The maximum Gasteiger partial charge on any atom is 0.341 e. The fourth-order valence-electron chi connectivity index (χ4n) is 1.64. The second-order valence-electron chi connectivity index (χ2n) is 4.26. The van der Waals surface area contributed by atoms with Crippen LogP contribution in [0.2, 0.25) is 0 Å². The van der Waals surface area contributed by atoms with Crippen LogP contribution in [0.3, 0.4) is 0 Å². The van der Waals surface area contributed by atoms with Gasteiger partial charge in [0.05, 0.1) is 19.5 Å². The predicted molar refractivity (Wildman–Crippen MR) is 75.1 cm³/mol. The Morgan fingerprint density at radius 1 is 1.20 bits per heavy atom. The summed E-state index contributed by atoms with van der Waals surface area (Å²) < 4.78 is 31.6. The molecular formula is C13H19NO5S. The molecule has 2 N–H and O–H groups in total. The minimum atomic E-state index is -3.39. The quantitative estimate of drug-likeness (QED) is 0.577. The fourth-order valence-corrected chi connectivity index (χ4v) is 2.24. The number of unbranched alkanes of at least 4 members (excludes halogenated alkanes) is 2. The number of benzene rings is 1. The van der Waals surface area contributed by atoms with E-state index in [0.717, 1.165) is 0 Å². The van der Waals surface area contributed by atoms with Crippen molar-refractivity contribution in [2.75, 3.05) is 19.5 Å². The van der Waals surface area contributed by atoms with E-state index in [4.69, 9.17) is 9.88 Å². The number of esters is 1. The van der Waals surface area contributed by atoms with Crippen molar-refractivity contribution >= 4 is 16.0 Å². The lowest BCUT2D eigenvalue weighted by atomic mass is 10.2. The van der Waals surface area contributed by atoms with Crippen molar-refractivity contribution in [1.82, 2.24) is 0 Å². The van der Waals surface area contributed by atoms with Crippen LogP contribution in [0.1, 0.15) is 29.6 Å². The summed E-state index contributed by atoms with van der Waals surface area (Å²) in [6, 6.07) is 6.81. The molecule has 0 unspecified atom stereocenters. The predicted octanol–water partition coefficient (Wildman–Crippen LogP) is 1.31. The van der Waals surface area contributed by atoms with Gasteiger partial charge in [-0.25, -0.2) is 18.4 Å². The summed E-state index contributed by atoms with van der Waals surface area (Å²) in [7, 11) is -2.07. The van der Waals surface area contributed by atoms with Crippen LogP contribution < -0.4 is 9.88 Å². The Hall–Kier alpha value is -1.60. The Kier molecular flexibility index (Phi) is 6.47. The smallest absolute Gasteiger partial charge is 0.341 e. The molecule has 0 heterocycles. The molecule has 0 radical (unpaired) electrons. The number of methoxy groups -OCH3 is 1. The van der Waals surface area contributed by atoms with Crippen molar-refractivity contribution in [3.05, 3.63) is 29.8 Å². The molecule has 0 aromatic heterocycles. The first-order valence-corrected chi connectivity index (χ1v) is 7.96. The summed E-state index contributed by atoms with van der Waals surface area (Å²) in [5.41, 5.74) is 0.375. The van der Waals surface area contributed by atoms with Gasteiger partial charge in [0, 0.05) is 0 Å². The van der Waals surface area contributed by atoms with Gasteiger partial charge in [-0.2, -0.15) is 0 Å². The molecule has 0 aliphatic heterocycles. The van der Waals surface area contributed by atoms with Crippen molar-refractivity contribution in [2.24, 2.45) is 5.14 Å². The van der Waals surface area contributed by atoms with Crippen LogP contribution in [0.25, 0.3) is 0 Å². The van der Waals surface area contributed by atoms with Gasteiger partial charge in [-0.05, 0) is 31.4 Å². The number of primary sulfonamides is 1. The van der Waals surface area contributed by atoms with Crippen LogP contribution in [-0.4, -0.2) is 33.9 Å². The zero-order chi connectivity index (χ0) is 15.0. The zero-order valence-corrected chi connectivity index (χ0v) is 12.2. The molecule has 0 saturated heterocycles. The van der Waals surface area contributed by atoms with Crippen molar-refractivity contribution in [1.29, 1.82) is 0 Å². The number of hydrogen-bond donors (Lipinski definition) is 1. The molecule has 0 spiro atoms. The molecule has 6 nitrogen and oxygen atoms in total. The fraction of sp³-hybridized carbons (Fsp3) is 0.462. The molecule has 0 fully saturated rings. The first-order valence-electron chi connectivity index (χ1n) is 6.24. The van der Waals surface area contributed by atoms with Crippen molar-refractivity contribution in [3.8, 4) is 5.75 Å². The van der Waals surface area contributed by atoms with Gasteiger partial charge in [0.15, 0.2) is 0 Å². The number of carbonyl (C=O) groups excluding carboxylic acids is 1. The van der Waals surface area contributed by atoms with E-state index >= 15 is 0 Å². The lowest BCUT2D eigenvalue weighted by Crippen LogP contribution is -2.16. The number of hydrogen-bond acceptors (Lipinski definition) is 5. The average Bonchev–Trinajstić information content (AvgIpc) is 2.41. The van der Waals surface area contributed by atoms with Gasteiger partial charge in [0.1, 0.15) is 11.3 Å². The summed E-state index contributed by atoms with van der Waals surface area (Å²) in [6.07, 6.45) is 1.88. The molecule has 0 aliphatic rings. The number of carbonyl (C=O) groups is 1. The molecule has 0 aliphatic carbocycles. The lowest BCUT2D eigenvalue weighted by molar-refractivity contribution is 0.0596. The minimum absolute atomic E-state index is 0.0221. The highest BCUT2D eigenvalue weighted by Gasteiger charge is 2.11. The number of para-hydroxylation sites is 1. The van der Waals surface area contributed by atoms with Gasteiger partial charge >= 0.3 is 5.97 Å². The Morgan fingerprint density at radius 2 is 1.90 bits per heavy atom. The molecule has 1 aromatic carbocycles. The highest BCUT2D eigenvalue weighted by molar-refractivity contribution is 7.89. The number of rotatable bonds is 8. The highest BCUT2D eigenvalue weighted by atomic mass is 32.2. The van der Waals surface area contributed by atoms with Gasteiger partial charge in [0.2, 0.25) is 10.0 Å².